The van der Waals surface area contributed by atoms with Gasteiger partial charge in [0.2, 0.25) is 0 Å². The highest BCUT2D eigenvalue weighted by atomic mass is 16.5. The lowest BCUT2D eigenvalue weighted by Gasteiger charge is -2.17. The predicted molar refractivity (Wildman–Crippen MR) is 142 cm³/mol. The van der Waals surface area contributed by atoms with E-state index in [1.54, 1.807) is 31.2 Å². The highest BCUT2D eigenvalue weighted by Gasteiger charge is 2.30. The summed E-state index contributed by atoms with van der Waals surface area (Å²) in [6.45, 7) is 0.463. The molecule has 0 spiro atoms. The van der Waals surface area contributed by atoms with Gasteiger partial charge in [-0.15, -0.1) is 5.10 Å². The van der Waals surface area contributed by atoms with Crippen molar-refractivity contribution < 1.29 is 28.9 Å². The lowest BCUT2D eigenvalue weighted by atomic mass is 9.98. The summed E-state index contributed by atoms with van der Waals surface area (Å²) in [4.78, 5) is 24.5. The van der Waals surface area contributed by atoms with Gasteiger partial charge < -0.3 is 24.6 Å². The highest BCUT2D eigenvalue weighted by Crippen LogP contribution is 2.44. The number of nitrogens with one attached hydrogen (secondary N) is 1. The van der Waals surface area contributed by atoms with Gasteiger partial charge in [-0.25, -0.2) is 14.3 Å². The Morgan fingerprint density at radius 2 is 1.59 bits per heavy atom. The van der Waals surface area contributed by atoms with E-state index in [-0.39, 0.29) is 18.9 Å². The van der Waals surface area contributed by atoms with Crippen molar-refractivity contribution in [3.05, 3.63) is 95.3 Å². The second kappa shape index (κ2) is 11.3. The van der Waals surface area contributed by atoms with Gasteiger partial charge in [-0.05, 0) is 39.9 Å². The van der Waals surface area contributed by atoms with Crippen LogP contribution in [0.1, 0.15) is 28.3 Å². The first-order valence-corrected chi connectivity index (χ1v) is 12.4. The second-order valence-electron chi connectivity index (χ2n) is 9.19. The Kier molecular flexibility index (Phi) is 7.44. The fourth-order valence-corrected chi connectivity index (χ4v) is 4.85. The standard InChI is InChI=1S/C29H28N4O6/c1-37-20-11-18(12-21(14-20)38-2)15-33-16-19(31-32-33)13-27(28(34)35)30-29(36)39-17-26-24-9-5-3-7-22(24)23-8-4-6-10-25(23)26/h3-12,14,16,26-27H,13,15,17H2,1-2H3,(H,30,36)(H,34,35)/t27-/m0/s1. The lowest BCUT2D eigenvalue weighted by Crippen LogP contribution is -2.43. The van der Waals surface area contributed by atoms with E-state index in [1.165, 1.54) is 0 Å². The first kappa shape index (κ1) is 25.8. The maximum Gasteiger partial charge on any atom is 0.407 e. The van der Waals surface area contributed by atoms with Crippen molar-refractivity contribution in [1.82, 2.24) is 20.3 Å². The summed E-state index contributed by atoms with van der Waals surface area (Å²) in [5.74, 6) is -0.0389. The van der Waals surface area contributed by atoms with Gasteiger partial charge in [-0.1, -0.05) is 53.7 Å². The van der Waals surface area contributed by atoms with Crippen molar-refractivity contribution >= 4 is 12.1 Å². The van der Waals surface area contributed by atoms with Crippen molar-refractivity contribution in [2.45, 2.75) is 24.9 Å². The molecule has 1 atom stereocenters. The number of carboxylic acid groups (broad SMARTS) is 1. The van der Waals surface area contributed by atoms with Crippen LogP contribution in [0.5, 0.6) is 11.5 Å². The molecule has 3 aromatic carbocycles. The molecule has 10 heteroatoms. The number of nitrogens with zero attached hydrogens (tertiary/aromatic N) is 3. The number of alkyl carbamates (subject to hydrolysis) is 1. The summed E-state index contributed by atoms with van der Waals surface area (Å²) < 4.78 is 17.7. The predicted octanol–water partition coefficient (Wildman–Crippen LogP) is 3.88. The quantitative estimate of drug-likeness (QED) is 0.318. The number of hydrogen-bond acceptors (Lipinski definition) is 7. The first-order valence-electron chi connectivity index (χ1n) is 12.4. The van der Waals surface area contributed by atoms with Crippen molar-refractivity contribution in [3.63, 3.8) is 0 Å². The SMILES string of the molecule is COc1cc(Cn2cc(C[C@H](NC(=O)OCC3c4ccccc4-c4ccccc43)C(=O)O)nn2)cc(OC)c1. The molecular formula is C29H28N4O6. The van der Waals surface area contributed by atoms with E-state index in [9.17, 15) is 14.7 Å². The Morgan fingerprint density at radius 1 is 0.974 bits per heavy atom. The molecule has 0 fully saturated rings. The molecule has 0 saturated carbocycles. The van der Waals surface area contributed by atoms with Gasteiger partial charge in [0.25, 0.3) is 0 Å². The Hall–Kier alpha value is -4.86. The third-order valence-electron chi connectivity index (χ3n) is 6.69. The van der Waals surface area contributed by atoms with E-state index in [0.29, 0.717) is 23.7 Å². The minimum atomic E-state index is -1.23. The number of aromatic nitrogens is 3. The van der Waals surface area contributed by atoms with Gasteiger partial charge in [0, 0.05) is 24.6 Å². The largest absolute Gasteiger partial charge is 0.497 e. The van der Waals surface area contributed by atoms with Crippen molar-refractivity contribution in [2.75, 3.05) is 20.8 Å². The first-order chi connectivity index (χ1) is 18.9. The number of methoxy groups -OCH3 is 2. The number of ether oxygens (including phenoxy) is 3. The summed E-state index contributed by atoms with van der Waals surface area (Å²) in [6.07, 6.45) is 0.780. The molecule has 0 radical (unpaired) electrons. The van der Waals surface area contributed by atoms with Crippen LogP contribution < -0.4 is 14.8 Å². The molecule has 1 aromatic heterocycles. The Bertz CT molecular complexity index is 1430. The minimum Gasteiger partial charge on any atom is -0.497 e. The molecule has 0 unspecified atom stereocenters. The number of carboxylic acids is 1. The number of carbonyl (C=O) groups is 2. The van der Waals surface area contributed by atoms with Crippen LogP contribution in [0, 0.1) is 0 Å². The van der Waals surface area contributed by atoms with Gasteiger partial charge in [-0.2, -0.15) is 0 Å². The molecule has 10 nitrogen and oxygen atoms in total. The molecule has 0 aliphatic heterocycles. The average molecular weight is 529 g/mol. The molecule has 1 heterocycles. The summed E-state index contributed by atoms with van der Waals surface area (Å²) in [7, 11) is 3.14. The number of benzene rings is 3. The van der Waals surface area contributed by atoms with Crippen LogP contribution in [0.25, 0.3) is 11.1 Å². The van der Waals surface area contributed by atoms with Gasteiger partial charge in [0.15, 0.2) is 0 Å². The van der Waals surface area contributed by atoms with E-state index < -0.39 is 18.1 Å². The van der Waals surface area contributed by atoms with Crippen molar-refractivity contribution in [3.8, 4) is 22.6 Å². The monoisotopic (exact) mass is 528 g/mol. The molecule has 5 rings (SSSR count). The number of carbonyl (C=O) groups excluding carboxylic acids is 1. The lowest BCUT2D eigenvalue weighted by molar-refractivity contribution is -0.139. The van der Waals surface area contributed by atoms with E-state index in [0.717, 1.165) is 27.8 Å². The third-order valence-corrected chi connectivity index (χ3v) is 6.69. The molecule has 0 bridgehead atoms. The number of amides is 1. The van der Waals surface area contributed by atoms with Crippen LogP contribution >= 0.6 is 0 Å². The van der Waals surface area contributed by atoms with Crippen LogP contribution in [0.2, 0.25) is 0 Å². The average Bonchev–Trinajstić information content (AvgIpc) is 3.52. The van der Waals surface area contributed by atoms with Crippen LogP contribution in [-0.4, -0.2) is 59.0 Å². The summed E-state index contributed by atoms with van der Waals surface area (Å²) in [5.41, 5.74) is 5.66. The van der Waals surface area contributed by atoms with Crippen LogP contribution in [0.3, 0.4) is 0 Å². The third kappa shape index (κ3) is 5.69. The molecule has 0 saturated heterocycles. The smallest absolute Gasteiger partial charge is 0.407 e. The number of hydrogen-bond donors (Lipinski definition) is 2. The molecule has 200 valence electrons. The molecule has 2 N–H and O–H groups in total. The zero-order valence-electron chi connectivity index (χ0n) is 21.5. The normalized spacial score (nSPS) is 12.8. The zero-order chi connectivity index (χ0) is 27.4. The number of rotatable bonds is 10. The van der Waals surface area contributed by atoms with Crippen LogP contribution in [0.15, 0.2) is 72.9 Å². The van der Waals surface area contributed by atoms with Crippen molar-refractivity contribution in [2.24, 2.45) is 0 Å². The summed E-state index contributed by atoms with van der Waals surface area (Å²) in [5, 5.41) is 20.4. The Morgan fingerprint density at radius 3 is 2.18 bits per heavy atom. The van der Waals surface area contributed by atoms with Crippen LogP contribution in [0.4, 0.5) is 4.79 Å². The van der Waals surface area contributed by atoms with Gasteiger partial charge in [0.05, 0.1) is 26.5 Å². The summed E-state index contributed by atoms with van der Waals surface area (Å²) >= 11 is 0. The maximum atomic E-state index is 12.6. The molecular weight excluding hydrogens is 500 g/mol. The topological polar surface area (TPSA) is 125 Å². The fraction of sp³-hybridized carbons (Fsp3) is 0.241. The van der Waals surface area contributed by atoms with E-state index in [4.69, 9.17) is 14.2 Å². The van der Waals surface area contributed by atoms with E-state index >= 15 is 0 Å². The second-order valence-corrected chi connectivity index (χ2v) is 9.19. The summed E-state index contributed by atoms with van der Waals surface area (Å²) in [6, 6.07) is 20.2. The maximum absolute atomic E-state index is 12.6. The molecule has 1 aliphatic carbocycles. The van der Waals surface area contributed by atoms with Crippen LogP contribution in [-0.2, 0) is 22.5 Å². The van der Waals surface area contributed by atoms with Gasteiger partial charge >= 0.3 is 12.1 Å². The minimum absolute atomic E-state index is 0.0546. The van der Waals surface area contributed by atoms with E-state index in [2.05, 4.69) is 15.6 Å². The number of fused-ring (bicyclic) bond motifs is 3. The molecule has 4 aromatic rings. The highest BCUT2D eigenvalue weighted by molar-refractivity contribution is 5.81. The zero-order valence-corrected chi connectivity index (χ0v) is 21.5. The fourth-order valence-electron chi connectivity index (χ4n) is 4.85. The Labute approximate surface area is 225 Å². The van der Waals surface area contributed by atoms with Crippen molar-refractivity contribution in [1.29, 1.82) is 0 Å². The molecule has 1 amide bonds. The Balaban J connectivity index is 1.21. The van der Waals surface area contributed by atoms with Gasteiger partial charge in [-0.3, -0.25) is 0 Å². The molecule has 1 aliphatic rings. The molecule has 39 heavy (non-hydrogen) atoms. The number of aliphatic carboxylic acids is 1. The van der Waals surface area contributed by atoms with Gasteiger partial charge in [0.1, 0.15) is 24.1 Å². The van der Waals surface area contributed by atoms with E-state index in [1.807, 2.05) is 60.7 Å².